The van der Waals surface area contributed by atoms with Crippen LogP contribution in [0, 0.1) is 12.3 Å². The van der Waals surface area contributed by atoms with Gasteiger partial charge in [0.25, 0.3) is 0 Å². The van der Waals surface area contributed by atoms with Crippen molar-refractivity contribution >= 4 is 11.6 Å². The van der Waals surface area contributed by atoms with Crippen LogP contribution < -0.4 is 10.1 Å². The number of anilines is 1. The topological polar surface area (TPSA) is 38.3 Å². The van der Waals surface area contributed by atoms with Gasteiger partial charge in [-0.25, -0.2) is 0 Å². The standard InChI is InChI=1S/C16H25NO2/c1-7-12(3)19-14-9-8-13(10-11(14)2)17-15(18)16(4,5)6/h8-10,12H,7H2,1-6H3,(H,17,18). The number of amides is 1. The minimum absolute atomic E-state index is 0.0162. The van der Waals surface area contributed by atoms with E-state index in [9.17, 15) is 4.79 Å². The number of hydrogen-bond acceptors (Lipinski definition) is 2. The minimum Gasteiger partial charge on any atom is -0.490 e. The molecule has 1 rings (SSSR count). The maximum absolute atomic E-state index is 11.9. The summed E-state index contributed by atoms with van der Waals surface area (Å²) in [7, 11) is 0. The van der Waals surface area contributed by atoms with Crippen molar-refractivity contribution in [1.82, 2.24) is 0 Å². The Morgan fingerprint density at radius 3 is 2.47 bits per heavy atom. The highest BCUT2D eigenvalue weighted by molar-refractivity contribution is 5.94. The molecule has 1 atom stereocenters. The Labute approximate surface area is 116 Å². The van der Waals surface area contributed by atoms with Crippen molar-refractivity contribution in [2.24, 2.45) is 5.41 Å². The van der Waals surface area contributed by atoms with Gasteiger partial charge < -0.3 is 10.1 Å². The Morgan fingerprint density at radius 2 is 2.00 bits per heavy atom. The number of rotatable bonds is 4. The molecule has 1 N–H and O–H groups in total. The lowest BCUT2D eigenvalue weighted by Gasteiger charge is -2.19. The average molecular weight is 263 g/mol. The molecule has 1 unspecified atom stereocenters. The Bertz CT molecular complexity index is 447. The molecule has 0 fully saturated rings. The molecular formula is C16H25NO2. The van der Waals surface area contributed by atoms with Crippen molar-refractivity contribution in [2.45, 2.75) is 54.1 Å². The molecule has 3 nitrogen and oxygen atoms in total. The maximum Gasteiger partial charge on any atom is 0.229 e. The molecule has 0 saturated carbocycles. The van der Waals surface area contributed by atoms with E-state index in [1.807, 2.05) is 45.9 Å². The van der Waals surface area contributed by atoms with Crippen LogP contribution in [0.2, 0.25) is 0 Å². The van der Waals surface area contributed by atoms with Crippen LogP contribution in [0.15, 0.2) is 18.2 Å². The first kappa shape index (κ1) is 15.5. The zero-order valence-corrected chi connectivity index (χ0v) is 12.8. The van der Waals surface area contributed by atoms with Crippen LogP contribution in [0.1, 0.15) is 46.6 Å². The third-order valence-electron chi connectivity index (χ3n) is 3.02. The van der Waals surface area contributed by atoms with Crippen LogP contribution in [-0.4, -0.2) is 12.0 Å². The van der Waals surface area contributed by atoms with Crippen molar-refractivity contribution in [3.05, 3.63) is 23.8 Å². The van der Waals surface area contributed by atoms with E-state index in [2.05, 4.69) is 19.2 Å². The predicted octanol–water partition coefficient (Wildman–Crippen LogP) is 4.16. The first-order valence-corrected chi connectivity index (χ1v) is 6.82. The van der Waals surface area contributed by atoms with Gasteiger partial charge in [0.1, 0.15) is 5.75 Å². The van der Waals surface area contributed by atoms with E-state index in [-0.39, 0.29) is 17.4 Å². The summed E-state index contributed by atoms with van der Waals surface area (Å²) in [6.07, 6.45) is 1.18. The van der Waals surface area contributed by atoms with Crippen molar-refractivity contribution < 1.29 is 9.53 Å². The minimum atomic E-state index is -0.389. The molecule has 0 aromatic heterocycles. The lowest BCUT2D eigenvalue weighted by Crippen LogP contribution is -2.27. The molecule has 0 radical (unpaired) electrons. The van der Waals surface area contributed by atoms with E-state index in [0.29, 0.717) is 0 Å². The van der Waals surface area contributed by atoms with Gasteiger partial charge in [-0.2, -0.15) is 0 Å². The quantitative estimate of drug-likeness (QED) is 0.886. The normalized spacial score (nSPS) is 12.9. The van der Waals surface area contributed by atoms with Crippen LogP contribution in [0.3, 0.4) is 0 Å². The van der Waals surface area contributed by atoms with Crippen LogP contribution in [0.25, 0.3) is 0 Å². The first-order chi connectivity index (χ1) is 8.74. The third kappa shape index (κ3) is 4.58. The number of benzene rings is 1. The first-order valence-electron chi connectivity index (χ1n) is 6.82. The number of carbonyl (C=O) groups is 1. The number of nitrogens with one attached hydrogen (secondary N) is 1. The molecule has 0 bridgehead atoms. The number of ether oxygens (including phenoxy) is 1. The molecular weight excluding hydrogens is 238 g/mol. The summed E-state index contributed by atoms with van der Waals surface area (Å²) in [6.45, 7) is 11.8. The van der Waals surface area contributed by atoms with Crippen molar-refractivity contribution in [3.8, 4) is 5.75 Å². The van der Waals surface area contributed by atoms with Crippen LogP contribution in [0.5, 0.6) is 5.75 Å². The van der Waals surface area contributed by atoms with Gasteiger partial charge >= 0.3 is 0 Å². The number of carbonyl (C=O) groups excluding carboxylic acids is 1. The summed E-state index contributed by atoms with van der Waals surface area (Å²) >= 11 is 0. The molecule has 1 aromatic rings. The lowest BCUT2D eigenvalue weighted by atomic mass is 9.95. The highest BCUT2D eigenvalue weighted by Crippen LogP contribution is 2.25. The predicted molar refractivity (Wildman–Crippen MR) is 79.6 cm³/mol. The van der Waals surface area contributed by atoms with Gasteiger partial charge in [0.15, 0.2) is 0 Å². The Kier molecular flexibility index (Phi) is 4.98. The van der Waals surface area contributed by atoms with E-state index in [0.717, 1.165) is 23.4 Å². The van der Waals surface area contributed by atoms with Crippen molar-refractivity contribution in [2.75, 3.05) is 5.32 Å². The summed E-state index contributed by atoms with van der Waals surface area (Å²) in [4.78, 5) is 11.9. The van der Waals surface area contributed by atoms with E-state index in [4.69, 9.17) is 4.74 Å². The van der Waals surface area contributed by atoms with Gasteiger partial charge in [-0.05, 0) is 44.0 Å². The molecule has 106 valence electrons. The van der Waals surface area contributed by atoms with E-state index in [1.54, 1.807) is 0 Å². The molecule has 19 heavy (non-hydrogen) atoms. The number of aryl methyl sites for hydroxylation is 1. The van der Waals surface area contributed by atoms with Crippen LogP contribution in [0.4, 0.5) is 5.69 Å². The molecule has 3 heteroatoms. The fourth-order valence-corrected chi connectivity index (χ4v) is 1.48. The Balaban J connectivity index is 2.80. The molecule has 1 amide bonds. The van der Waals surface area contributed by atoms with E-state index < -0.39 is 0 Å². The lowest BCUT2D eigenvalue weighted by molar-refractivity contribution is -0.123. The SMILES string of the molecule is CCC(C)Oc1ccc(NC(=O)C(C)(C)C)cc1C. The van der Waals surface area contributed by atoms with Gasteiger partial charge in [-0.1, -0.05) is 27.7 Å². The highest BCUT2D eigenvalue weighted by atomic mass is 16.5. The zero-order chi connectivity index (χ0) is 14.6. The summed E-state index contributed by atoms with van der Waals surface area (Å²) in [5, 5.41) is 2.92. The van der Waals surface area contributed by atoms with Gasteiger partial charge in [-0.15, -0.1) is 0 Å². The van der Waals surface area contributed by atoms with Gasteiger partial charge in [-0.3, -0.25) is 4.79 Å². The third-order valence-corrected chi connectivity index (χ3v) is 3.02. The summed E-state index contributed by atoms with van der Waals surface area (Å²) in [5.41, 5.74) is 1.46. The summed E-state index contributed by atoms with van der Waals surface area (Å²) in [6, 6.07) is 5.75. The molecule has 0 heterocycles. The van der Waals surface area contributed by atoms with Crippen LogP contribution >= 0.6 is 0 Å². The molecule has 1 aromatic carbocycles. The molecule has 0 aliphatic heterocycles. The second-order valence-electron chi connectivity index (χ2n) is 6.02. The maximum atomic E-state index is 11.9. The molecule has 0 aliphatic rings. The van der Waals surface area contributed by atoms with Gasteiger partial charge in [0.2, 0.25) is 5.91 Å². The Morgan fingerprint density at radius 1 is 1.37 bits per heavy atom. The second kappa shape index (κ2) is 6.09. The fourth-order valence-electron chi connectivity index (χ4n) is 1.48. The Hall–Kier alpha value is -1.51. The van der Waals surface area contributed by atoms with Crippen molar-refractivity contribution in [3.63, 3.8) is 0 Å². The summed E-state index contributed by atoms with van der Waals surface area (Å²) < 4.78 is 5.81. The van der Waals surface area contributed by atoms with E-state index in [1.165, 1.54) is 0 Å². The smallest absolute Gasteiger partial charge is 0.229 e. The van der Waals surface area contributed by atoms with E-state index >= 15 is 0 Å². The summed E-state index contributed by atoms with van der Waals surface area (Å²) in [5.74, 6) is 0.894. The molecule has 0 spiro atoms. The van der Waals surface area contributed by atoms with Gasteiger partial charge in [0, 0.05) is 11.1 Å². The average Bonchev–Trinajstić information content (AvgIpc) is 2.31. The second-order valence-corrected chi connectivity index (χ2v) is 6.02. The largest absolute Gasteiger partial charge is 0.490 e. The molecule has 0 aliphatic carbocycles. The number of hydrogen-bond donors (Lipinski definition) is 1. The van der Waals surface area contributed by atoms with Crippen LogP contribution in [-0.2, 0) is 4.79 Å². The fraction of sp³-hybridized carbons (Fsp3) is 0.562. The van der Waals surface area contributed by atoms with Crippen molar-refractivity contribution in [1.29, 1.82) is 0 Å². The monoisotopic (exact) mass is 263 g/mol. The van der Waals surface area contributed by atoms with Gasteiger partial charge in [0.05, 0.1) is 6.10 Å². The zero-order valence-electron chi connectivity index (χ0n) is 12.8. The molecule has 0 saturated heterocycles. The highest BCUT2D eigenvalue weighted by Gasteiger charge is 2.21.